The first kappa shape index (κ1) is 15.0. The Labute approximate surface area is 119 Å². The molecule has 1 aliphatic heterocycles. The van der Waals surface area contributed by atoms with Crippen LogP contribution in [0.3, 0.4) is 0 Å². The van der Waals surface area contributed by atoms with Gasteiger partial charge < -0.3 is 5.73 Å². The summed E-state index contributed by atoms with van der Waals surface area (Å²) in [7, 11) is -3.32. The van der Waals surface area contributed by atoms with Gasteiger partial charge in [0.1, 0.15) is 0 Å². The van der Waals surface area contributed by atoms with Gasteiger partial charge in [0.15, 0.2) is 0 Å². The van der Waals surface area contributed by atoms with Gasteiger partial charge in [0.2, 0.25) is 10.0 Å². The lowest BCUT2D eigenvalue weighted by molar-refractivity contribution is 0.250. The molecule has 0 radical (unpaired) electrons. The number of sulfonamides is 1. The topological polar surface area (TPSA) is 63.4 Å². The normalized spacial score (nSPS) is 20.6. The smallest absolute Gasteiger partial charge is 0.244 e. The predicted molar refractivity (Wildman–Crippen MR) is 78.9 cm³/mol. The van der Waals surface area contributed by atoms with E-state index in [0.29, 0.717) is 23.9 Å². The second kappa shape index (κ2) is 5.52. The summed E-state index contributed by atoms with van der Waals surface area (Å²) in [6.45, 7) is 6.99. The molecule has 2 rings (SSSR count). The van der Waals surface area contributed by atoms with E-state index in [1.807, 2.05) is 20.8 Å². The Morgan fingerprint density at radius 3 is 2.37 bits per heavy atom. The summed E-state index contributed by atoms with van der Waals surface area (Å²) >= 11 is 1.54. The third-order valence-corrected chi connectivity index (χ3v) is 6.98. The van der Waals surface area contributed by atoms with Crippen molar-refractivity contribution < 1.29 is 8.42 Å². The Bertz CT molecular complexity index is 541. The van der Waals surface area contributed by atoms with Crippen molar-refractivity contribution in [2.75, 3.05) is 13.1 Å². The Hall–Kier alpha value is -0.430. The lowest BCUT2D eigenvalue weighted by atomic mass is 9.92. The highest BCUT2D eigenvalue weighted by molar-refractivity contribution is 7.89. The van der Waals surface area contributed by atoms with Crippen LogP contribution in [0.5, 0.6) is 0 Å². The highest BCUT2D eigenvalue weighted by Gasteiger charge is 2.32. The second-order valence-corrected chi connectivity index (χ2v) is 8.74. The van der Waals surface area contributed by atoms with Crippen LogP contribution in [-0.2, 0) is 10.0 Å². The zero-order valence-corrected chi connectivity index (χ0v) is 13.4. The van der Waals surface area contributed by atoms with Crippen LogP contribution in [0, 0.1) is 19.8 Å². The molecule has 0 saturated carbocycles. The molecule has 0 bridgehead atoms. The largest absolute Gasteiger partial charge is 0.328 e. The van der Waals surface area contributed by atoms with Gasteiger partial charge in [-0.1, -0.05) is 0 Å². The third-order valence-electron chi connectivity index (χ3n) is 3.86. The van der Waals surface area contributed by atoms with Crippen LogP contribution < -0.4 is 5.73 Å². The molecule has 0 aliphatic carbocycles. The molecule has 6 heteroatoms. The minimum atomic E-state index is -3.32. The molecule has 0 amide bonds. The van der Waals surface area contributed by atoms with Crippen LogP contribution in [0.1, 0.15) is 29.5 Å². The van der Waals surface area contributed by atoms with Gasteiger partial charge in [-0.25, -0.2) is 8.42 Å². The van der Waals surface area contributed by atoms with Crippen molar-refractivity contribution in [1.29, 1.82) is 0 Å². The molecule has 1 atom stereocenters. The average molecular weight is 302 g/mol. The van der Waals surface area contributed by atoms with Gasteiger partial charge in [0.05, 0.1) is 4.90 Å². The van der Waals surface area contributed by atoms with E-state index in [0.717, 1.165) is 22.6 Å². The van der Waals surface area contributed by atoms with Crippen LogP contribution in [0.25, 0.3) is 0 Å². The number of piperidine rings is 1. The Morgan fingerprint density at radius 2 is 1.95 bits per heavy atom. The van der Waals surface area contributed by atoms with Gasteiger partial charge in [0, 0.05) is 28.9 Å². The predicted octanol–water partition coefficient (Wildman–Crippen LogP) is 2.11. The molecule has 1 aromatic rings. The maximum atomic E-state index is 12.6. The van der Waals surface area contributed by atoms with Gasteiger partial charge in [-0.2, -0.15) is 4.31 Å². The molecule has 2 heterocycles. The van der Waals surface area contributed by atoms with E-state index in [2.05, 4.69) is 0 Å². The Kier molecular flexibility index (Phi) is 4.35. The second-order valence-electron chi connectivity index (χ2n) is 5.38. The molecule has 0 spiro atoms. The maximum absolute atomic E-state index is 12.6. The van der Waals surface area contributed by atoms with Crippen molar-refractivity contribution in [2.24, 2.45) is 11.7 Å². The molecule has 1 aliphatic rings. The molecule has 0 aromatic carbocycles. The highest BCUT2D eigenvalue weighted by atomic mass is 32.2. The van der Waals surface area contributed by atoms with Crippen LogP contribution in [0.15, 0.2) is 11.0 Å². The summed E-state index contributed by atoms with van der Waals surface area (Å²) in [5, 5.41) is 0. The number of hydrogen-bond acceptors (Lipinski definition) is 4. The number of aryl methyl sites for hydroxylation is 2. The fourth-order valence-corrected chi connectivity index (χ4v) is 5.64. The first-order valence-electron chi connectivity index (χ1n) is 6.65. The number of nitrogens with zero attached hydrogens (tertiary/aromatic N) is 1. The van der Waals surface area contributed by atoms with E-state index < -0.39 is 10.0 Å². The van der Waals surface area contributed by atoms with Gasteiger partial charge >= 0.3 is 0 Å². The van der Waals surface area contributed by atoms with E-state index in [1.54, 1.807) is 10.4 Å². The standard InChI is InChI=1S/C13H22N2O2S2/c1-9-8-13(11(3)18-9)19(16,17)15-6-4-12(5-7-15)10(2)14/h8,10,12H,4-7,14H2,1-3H3. The molecule has 1 aromatic heterocycles. The molecule has 4 nitrogen and oxygen atoms in total. The number of hydrogen-bond donors (Lipinski definition) is 1. The van der Waals surface area contributed by atoms with Crippen molar-refractivity contribution in [3.05, 3.63) is 15.8 Å². The molecular formula is C13H22N2O2S2. The van der Waals surface area contributed by atoms with Crippen molar-refractivity contribution in [3.63, 3.8) is 0 Å². The molecule has 1 unspecified atom stereocenters. The Morgan fingerprint density at radius 1 is 1.37 bits per heavy atom. The van der Waals surface area contributed by atoms with E-state index >= 15 is 0 Å². The van der Waals surface area contributed by atoms with Crippen molar-refractivity contribution in [2.45, 2.75) is 44.6 Å². The minimum absolute atomic E-state index is 0.148. The van der Waals surface area contributed by atoms with Crippen LogP contribution in [0.2, 0.25) is 0 Å². The molecule has 1 saturated heterocycles. The first-order valence-corrected chi connectivity index (χ1v) is 8.91. The van der Waals surface area contributed by atoms with Gasteiger partial charge in [-0.15, -0.1) is 11.3 Å². The van der Waals surface area contributed by atoms with Gasteiger partial charge in [-0.05, 0) is 45.6 Å². The van der Waals surface area contributed by atoms with E-state index in [1.165, 1.54) is 11.3 Å². The molecule has 2 N–H and O–H groups in total. The average Bonchev–Trinajstić information content (AvgIpc) is 2.69. The van der Waals surface area contributed by atoms with Gasteiger partial charge in [0.25, 0.3) is 0 Å². The maximum Gasteiger partial charge on any atom is 0.244 e. The summed E-state index contributed by atoms with van der Waals surface area (Å²) in [4.78, 5) is 2.41. The summed E-state index contributed by atoms with van der Waals surface area (Å²) in [6.07, 6.45) is 1.72. The first-order chi connectivity index (χ1) is 8.82. The van der Waals surface area contributed by atoms with E-state index in [9.17, 15) is 8.42 Å². The molecule has 19 heavy (non-hydrogen) atoms. The van der Waals surface area contributed by atoms with Crippen molar-refractivity contribution >= 4 is 21.4 Å². The van der Waals surface area contributed by atoms with E-state index in [-0.39, 0.29) is 6.04 Å². The van der Waals surface area contributed by atoms with E-state index in [4.69, 9.17) is 5.73 Å². The summed E-state index contributed by atoms with van der Waals surface area (Å²) < 4.78 is 26.8. The zero-order valence-electron chi connectivity index (χ0n) is 11.7. The molecule has 1 fully saturated rings. The number of nitrogens with two attached hydrogens (primary N) is 1. The third kappa shape index (κ3) is 3.02. The fraction of sp³-hybridized carbons (Fsp3) is 0.692. The van der Waals surface area contributed by atoms with Crippen LogP contribution in [0.4, 0.5) is 0 Å². The summed E-state index contributed by atoms with van der Waals surface area (Å²) in [6, 6.07) is 1.93. The van der Waals surface area contributed by atoms with Crippen molar-refractivity contribution in [3.8, 4) is 0 Å². The highest BCUT2D eigenvalue weighted by Crippen LogP contribution is 2.30. The van der Waals surface area contributed by atoms with Gasteiger partial charge in [-0.3, -0.25) is 0 Å². The monoisotopic (exact) mass is 302 g/mol. The number of rotatable bonds is 3. The minimum Gasteiger partial charge on any atom is -0.328 e. The molecular weight excluding hydrogens is 280 g/mol. The SMILES string of the molecule is Cc1cc(S(=O)(=O)N2CCC(C(C)N)CC2)c(C)s1. The number of thiophene rings is 1. The summed E-state index contributed by atoms with van der Waals surface area (Å²) in [5.41, 5.74) is 5.89. The summed E-state index contributed by atoms with van der Waals surface area (Å²) in [5.74, 6) is 0.441. The zero-order chi connectivity index (χ0) is 14.2. The van der Waals surface area contributed by atoms with Crippen molar-refractivity contribution in [1.82, 2.24) is 4.31 Å². The van der Waals surface area contributed by atoms with Crippen LogP contribution in [-0.4, -0.2) is 31.9 Å². The quantitative estimate of drug-likeness (QED) is 0.930. The molecule has 108 valence electrons. The Balaban J connectivity index is 2.16. The lowest BCUT2D eigenvalue weighted by Crippen LogP contribution is -2.42. The lowest BCUT2D eigenvalue weighted by Gasteiger charge is -2.32. The fourth-order valence-electron chi connectivity index (χ4n) is 2.64. The van der Waals surface area contributed by atoms with Crippen LogP contribution >= 0.6 is 11.3 Å².